The van der Waals surface area contributed by atoms with E-state index in [0.29, 0.717) is 17.5 Å². The summed E-state index contributed by atoms with van der Waals surface area (Å²) in [4.78, 5) is 4.45. The minimum atomic E-state index is 0.542. The second-order valence-electron chi connectivity index (χ2n) is 6.12. The summed E-state index contributed by atoms with van der Waals surface area (Å²) in [6.45, 7) is 2.14. The zero-order valence-electron chi connectivity index (χ0n) is 15.2. The first-order valence-electron chi connectivity index (χ1n) is 8.85. The Morgan fingerprint density at radius 2 is 1.82 bits per heavy atom. The van der Waals surface area contributed by atoms with E-state index in [1.54, 1.807) is 0 Å². The Hall–Kier alpha value is -2.51. The van der Waals surface area contributed by atoms with Gasteiger partial charge in [-0.2, -0.15) is 4.98 Å². The molecule has 0 saturated carbocycles. The number of halogens is 1. The number of hydrogen-bond donors (Lipinski definition) is 0. The van der Waals surface area contributed by atoms with Crippen molar-refractivity contribution in [2.75, 3.05) is 0 Å². The first-order valence-corrected chi connectivity index (χ1v) is 10.6. The molecule has 4 rings (SSSR count). The number of thioether (sulfide) groups is 1. The molecule has 0 radical (unpaired) electrons. The monoisotopic (exact) mass is 452 g/mol. The van der Waals surface area contributed by atoms with Gasteiger partial charge in [0.1, 0.15) is 5.03 Å². The van der Waals surface area contributed by atoms with Gasteiger partial charge in [0.15, 0.2) is 0 Å². The van der Waals surface area contributed by atoms with E-state index >= 15 is 0 Å². The zero-order chi connectivity index (χ0) is 19.3. The van der Waals surface area contributed by atoms with Crippen molar-refractivity contribution in [3.8, 4) is 22.6 Å². The van der Waals surface area contributed by atoms with Gasteiger partial charge in [-0.05, 0) is 36.2 Å². The Balaban J connectivity index is 1.40. The van der Waals surface area contributed by atoms with Crippen molar-refractivity contribution in [1.82, 2.24) is 20.3 Å². The number of rotatable bonds is 6. The molecule has 0 atom stereocenters. The average Bonchev–Trinajstić information content (AvgIpc) is 3.22. The van der Waals surface area contributed by atoms with Crippen molar-refractivity contribution in [3.05, 3.63) is 76.6 Å². The highest BCUT2D eigenvalue weighted by Gasteiger charge is 2.10. The van der Waals surface area contributed by atoms with Gasteiger partial charge >= 0.3 is 0 Å². The molecule has 0 fully saturated rings. The lowest BCUT2D eigenvalue weighted by Crippen LogP contribution is -1.91. The van der Waals surface area contributed by atoms with E-state index in [0.717, 1.165) is 32.7 Å². The quantitative estimate of drug-likeness (QED) is 0.343. The summed E-state index contributed by atoms with van der Waals surface area (Å²) in [5.41, 5.74) is 4.15. The normalized spacial score (nSPS) is 10.9. The molecule has 140 valence electrons. The van der Waals surface area contributed by atoms with Gasteiger partial charge in [0.05, 0.1) is 11.4 Å². The SMILES string of the molecule is CCc1ccc(-c2ccc(SCc3nc(-c4cccc(Br)c4)no3)nn2)cc1. The van der Waals surface area contributed by atoms with Crippen LogP contribution in [0.4, 0.5) is 0 Å². The summed E-state index contributed by atoms with van der Waals surface area (Å²) in [6, 6.07) is 20.2. The third-order valence-electron chi connectivity index (χ3n) is 4.19. The van der Waals surface area contributed by atoms with E-state index in [1.807, 2.05) is 36.4 Å². The van der Waals surface area contributed by atoms with Crippen LogP contribution in [0.2, 0.25) is 0 Å². The highest BCUT2D eigenvalue weighted by molar-refractivity contribution is 9.10. The lowest BCUT2D eigenvalue weighted by atomic mass is 10.1. The summed E-state index contributed by atoms with van der Waals surface area (Å²) in [5, 5.41) is 13.5. The topological polar surface area (TPSA) is 64.7 Å². The van der Waals surface area contributed by atoms with Crippen LogP contribution in [-0.2, 0) is 12.2 Å². The van der Waals surface area contributed by atoms with Crippen LogP contribution in [0.5, 0.6) is 0 Å². The zero-order valence-corrected chi connectivity index (χ0v) is 17.6. The van der Waals surface area contributed by atoms with Gasteiger partial charge in [-0.1, -0.05) is 76.2 Å². The largest absolute Gasteiger partial charge is 0.338 e. The molecule has 0 aliphatic carbocycles. The third kappa shape index (κ3) is 4.48. The molecule has 0 amide bonds. The van der Waals surface area contributed by atoms with E-state index in [-0.39, 0.29) is 0 Å². The van der Waals surface area contributed by atoms with Crippen molar-refractivity contribution in [2.24, 2.45) is 0 Å². The van der Waals surface area contributed by atoms with Crippen LogP contribution in [-0.4, -0.2) is 20.3 Å². The molecule has 28 heavy (non-hydrogen) atoms. The molecule has 0 bridgehead atoms. The van der Waals surface area contributed by atoms with Crippen molar-refractivity contribution in [2.45, 2.75) is 24.1 Å². The van der Waals surface area contributed by atoms with E-state index in [4.69, 9.17) is 4.52 Å². The van der Waals surface area contributed by atoms with Gasteiger partial charge < -0.3 is 4.52 Å². The molecule has 2 aromatic carbocycles. The molecule has 0 spiro atoms. The van der Waals surface area contributed by atoms with E-state index in [9.17, 15) is 0 Å². The van der Waals surface area contributed by atoms with Gasteiger partial charge in [-0.3, -0.25) is 0 Å². The smallest absolute Gasteiger partial charge is 0.237 e. The summed E-state index contributed by atoms with van der Waals surface area (Å²) >= 11 is 4.97. The lowest BCUT2D eigenvalue weighted by molar-refractivity contribution is 0.391. The van der Waals surface area contributed by atoms with Crippen LogP contribution in [0, 0.1) is 0 Å². The maximum atomic E-state index is 5.35. The molecule has 0 aliphatic rings. The van der Waals surface area contributed by atoms with Gasteiger partial charge in [0, 0.05) is 15.6 Å². The molecule has 2 heterocycles. The van der Waals surface area contributed by atoms with Crippen LogP contribution in [0.3, 0.4) is 0 Å². The van der Waals surface area contributed by atoms with Gasteiger partial charge in [0.25, 0.3) is 0 Å². The highest BCUT2D eigenvalue weighted by Crippen LogP contribution is 2.25. The number of aromatic nitrogens is 4. The Labute approximate surface area is 175 Å². The summed E-state index contributed by atoms with van der Waals surface area (Å²) in [6.07, 6.45) is 1.03. The fraction of sp³-hybridized carbons (Fsp3) is 0.143. The van der Waals surface area contributed by atoms with E-state index < -0.39 is 0 Å². The van der Waals surface area contributed by atoms with E-state index in [1.165, 1.54) is 17.3 Å². The summed E-state index contributed by atoms with van der Waals surface area (Å²) < 4.78 is 6.33. The van der Waals surface area contributed by atoms with Crippen molar-refractivity contribution >= 4 is 27.7 Å². The molecule has 0 unspecified atom stereocenters. The second kappa shape index (κ2) is 8.67. The van der Waals surface area contributed by atoms with Crippen molar-refractivity contribution in [1.29, 1.82) is 0 Å². The fourth-order valence-electron chi connectivity index (χ4n) is 2.66. The average molecular weight is 453 g/mol. The van der Waals surface area contributed by atoms with Crippen LogP contribution in [0.15, 0.2) is 74.7 Å². The molecule has 0 N–H and O–H groups in total. The van der Waals surface area contributed by atoms with Crippen LogP contribution < -0.4 is 0 Å². The Morgan fingerprint density at radius 3 is 2.54 bits per heavy atom. The molecule has 0 saturated heterocycles. The van der Waals surface area contributed by atoms with Crippen LogP contribution >= 0.6 is 27.7 Å². The minimum absolute atomic E-state index is 0.542. The number of aryl methyl sites for hydroxylation is 1. The maximum absolute atomic E-state index is 5.35. The summed E-state index contributed by atoms with van der Waals surface area (Å²) in [5.74, 6) is 1.68. The van der Waals surface area contributed by atoms with Crippen LogP contribution in [0.1, 0.15) is 18.4 Å². The van der Waals surface area contributed by atoms with Crippen molar-refractivity contribution in [3.63, 3.8) is 0 Å². The molecular weight excluding hydrogens is 436 g/mol. The highest BCUT2D eigenvalue weighted by atomic mass is 79.9. The number of nitrogens with zero attached hydrogens (tertiary/aromatic N) is 4. The van der Waals surface area contributed by atoms with Gasteiger partial charge in [-0.25, -0.2) is 0 Å². The molecule has 4 aromatic rings. The Morgan fingerprint density at radius 1 is 0.964 bits per heavy atom. The van der Waals surface area contributed by atoms with Crippen LogP contribution in [0.25, 0.3) is 22.6 Å². The molecular formula is C21H17BrN4OS. The lowest BCUT2D eigenvalue weighted by Gasteiger charge is -2.03. The Bertz CT molecular complexity index is 1060. The molecule has 5 nitrogen and oxygen atoms in total. The Kier molecular flexibility index (Phi) is 5.83. The molecule has 7 heteroatoms. The number of hydrogen-bond acceptors (Lipinski definition) is 6. The van der Waals surface area contributed by atoms with Gasteiger partial charge in [0.2, 0.25) is 11.7 Å². The predicted octanol–water partition coefficient (Wildman–Crippen LogP) is 5.81. The third-order valence-corrected chi connectivity index (χ3v) is 5.59. The standard InChI is InChI=1S/C21H17BrN4OS/c1-2-14-6-8-15(9-7-14)18-10-11-20(25-24-18)28-13-19-23-21(26-27-19)16-4-3-5-17(22)12-16/h3-12H,2,13H2,1H3. The second-order valence-corrected chi connectivity index (χ2v) is 8.03. The first kappa shape index (κ1) is 18.8. The maximum Gasteiger partial charge on any atom is 0.237 e. The molecule has 2 aromatic heterocycles. The fourth-order valence-corrected chi connectivity index (χ4v) is 3.71. The van der Waals surface area contributed by atoms with Gasteiger partial charge in [-0.15, -0.1) is 10.2 Å². The minimum Gasteiger partial charge on any atom is -0.338 e. The van der Waals surface area contributed by atoms with E-state index in [2.05, 4.69) is 67.5 Å². The first-order chi connectivity index (χ1) is 13.7. The number of benzene rings is 2. The van der Waals surface area contributed by atoms with Crippen molar-refractivity contribution < 1.29 is 4.52 Å². The predicted molar refractivity (Wildman–Crippen MR) is 114 cm³/mol. The molecule has 0 aliphatic heterocycles. The summed E-state index contributed by atoms with van der Waals surface area (Å²) in [7, 11) is 0.